The quantitative estimate of drug-likeness (QED) is 0.855. The highest BCUT2D eigenvalue weighted by Crippen LogP contribution is 2.23. The lowest BCUT2D eigenvalue weighted by Crippen LogP contribution is -2.45. The first kappa shape index (κ1) is 16.7. The number of hydrogen-bond donors (Lipinski definition) is 1. The molecule has 0 aliphatic carbocycles. The highest BCUT2D eigenvalue weighted by molar-refractivity contribution is 7.89. The van der Waals surface area contributed by atoms with Crippen molar-refractivity contribution in [2.24, 2.45) is 13.0 Å². The fourth-order valence-corrected chi connectivity index (χ4v) is 4.30. The molecule has 1 aliphatic heterocycles. The molecule has 0 saturated carbocycles. The van der Waals surface area contributed by atoms with Crippen molar-refractivity contribution in [3.63, 3.8) is 0 Å². The molecular weight excluding hydrogens is 332 g/mol. The van der Waals surface area contributed by atoms with Gasteiger partial charge in [0.05, 0.1) is 24.9 Å². The number of hydrogen-bond acceptors (Lipinski definition) is 5. The molecule has 9 heteroatoms. The summed E-state index contributed by atoms with van der Waals surface area (Å²) in [5.74, 6) is 0.150. The average molecular weight is 352 g/mol. The van der Waals surface area contributed by atoms with Crippen molar-refractivity contribution in [2.75, 3.05) is 13.1 Å². The van der Waals surface area contributed by atoms with Gasteiger partial charge in [0.15, 0.2) is 0 Å². The standard InChI is InChI=1S/C15H20N4O4S/c1-18-11-14(9-17-18)24(21,22)19-6-2-4-12(10-19)15(20)16-8-13-5-3-7-23-13/h3,5,7,9,11-12H,2,4,6,8,10H2,1H3,(H,16,20)/t12-/m1/s1. The van der Waals surface area contributed by atoms with Crippen LogP contribution in [0.25, 0.3) is 0 Å². The lowest BCUT2D eigenvalue weighted by molar-refractivity contribution is -0.126. The van der Waals surface area contributed by atoms with Crippen LogP contribution in [0.1, 0.15) is 18.6 Å². The van der Waals surface area contributed by atoms with Crippen LogP contribution in [0, 0.1) is 5.92 Å². The van der Waals surface area contributed by atoms with Gasteiger partial charge in [0.1, 0.15) is 10.7 Å². The SMILES string of the molecule is Cn1cc(S(=O)(=O)N2CCC[C@@H](C(=O)NCc3ccco3)C2)cn1. The summed E-state index contributed by atoms with van der Waals surface area (Å²) in [5, 5.41) is 6.71. The Labute approximate surface area is 140 Å². The summed E-state index contributed by atoms with van der Waals surface area (Å²) in [6.07, 6.45) is 5.66. The van der Waals surface area contributed by atoms with E-state index in [2.05, 4.69) is 10.4 Å². The van der Waals surface area contributed by atoms with E-state index in [1.165, 1.54) is 21.4 Å². The molecule has 1 amide bonds. The van der Waals surface area contributed by atoms with Gasteiger partial charge in [-0.25, -0.2) is 8.42 Å². The molecule has 0 unspecified atom stereocenters. The van der Waals surface area contributed by atoms with E-state index in [4.69, 9.17) is 4.42 Å². The van der Waals surface area contributed by atoms with Gasteiger partial charge in [-0.15, -0.1) is 0 Å². The molecule has 1 atom stereocenters. The van der Waals surface area contributed by atoms with Crippen molar-refractivity contribution in [2.45, 2.75) is 24.3 Å². The average Bonchev–Trinajstić information content (AvgIpc) is 3.24. The smallest absolute Gasteiger partial charge is 0.246 e. The Kier molecular flexibility index (Phi) is 4.72. The van der Waals surface area contributed by atoms with Gasteiger partial charge in [-0.1, -0.05) is 0 Å². The van der Waals surface area contributed by atoms with Crippen LogP contribution in [-0.4, -0.2) is 41.5 Å². The number of rotatable bonds is 5. The molecule has 3 heterocycles. The zero-order valence-electron chi connectivity index (χ0n) is 13.4. The lowest BCUT2D eigenvalue weighted by atomic mass is 9.99. The van der Waals surface area contributed by atoms with Gasteiger partial charge in [0.25, 0.3) is 0 Å². The van der Waals surface area contributed by atoms with Gasteiger partial charge in [0.2, 0.25) is 15.9 Å². The molecule has 0 radical (unpaired) electrons. The highest BCUT2D eigenvalue weighted by Gasteiger charge is 2.33. The second kappa shape index (κ2) is 6.78. The molecule has 130 valence electrons. The fraction of sp³-hybridized carbons (Fsp3) is 0.467. The zero-order chi connectivity index (χ0) is 17.2. The summed E-state index contributed by atoms with van der Waals surface area (Å²) in [5.41, 5.74) is 0. The van der Waals surface area contributed by atoms with E-state index < -0.39 is 10.0 Å². The predicted octanol–water partition coefficient (Wildman–Crippen LogP) is 0.730. The van der Waals surface area contributed by atoms with Crippen LogP contribution in [0.5, 0.6) is 0 Å². The van der Waals surface area contributed by atoms with E-state index in [9.17, 15) is 13.2 Å². The normalized spacial score (nSPS) is 19.3. The fourth-order valence-electron chi connectivity index (χ4n) is 2.79. The number of furan rings is 1. The van der Waals surface area contributed by atoms with Crippen LogP contribution in [-0.2, 0) is 28.4 Å². The van der Waals surface area contributed by atoms with Gasteiger partial charge in [-0.3, -0.25) is 9.48 Å². The van der Waals surface area contributed by atoms with E-state index in [1.54, 1.807) is 25.4 Å². The van der Waals surface area contributed by atoms with Crippen LogP contribution in [0.3, 0.4) is 0 Å². The van der Waals surface area contributed by atoms with Gasteiger partial charge in [-0.2, -0.15) is 9.40 Å². The van der Waals surface area contributed by atoms with Crippen LogP contribution in [0.15, 0.2) is 40.1 Å². The van der Waals surface area contributed by atoms with E-state index in [0.29, 0.717) is 31.7 Å². The third-order valence-electron chi connectivity index (χ3n) is 4.09. The molecular formula is C15H20N4O4S. The van der Waals surface area contributed by atoms with Crippen LogP contribution < -0.4 is 5.32 Å². The molecule has 3 rings (SSSR count). The summed E-state index contributed by atoms with van der Waals surface area (Å²) in [6, 6.07) is 3.53. The first-order valence-corrected chi connectivity index (χ1v) is 9.20. The predicted molar refractivity (Wildman–Crippen MR) is 85.2 cm³/mol. The Balaban J connectivity index is 1.64. The number of nitrogens with one attached hydrogen (secondary N) is 1. The van der Waals surface area contributed by atoms with Crippen LogP contribution >= 0.6 is 0 Å². The van der Waals surface area contributed by atoms with Crippen LogP contribution in [0.2, 0.25) is 0 Å². The third-order valence-corrected chi connectivity index (χ3v) is 5.91. The summed E-state index contributed by atoms with van der Waals surface area (Å²) in [4.78, 5) is 12.5. The molecule has 0 aromatic carbocycles. The second-order valence-corrected chi connectivity index (χ2v) is 7.79. The van der Waals surface area contributed by atoms with E-state index in [1.807, 2.05) is 0 Å². The van der Waals surface area contributed by atoms with Gasteiger partial charge in [0, 0.05) is 26.3 Å². The number of carbonyl (C=O) groups is 1. The van der Waals surface area contributed by atoms with E-state index in [-0.39, 0.29) is 23.3 Å². The summed E-state index contributed by atoms with van der Waals surface area (Å²) < 4.78 is 33.3. The third kappa shape index (κ3) is 3.51. The number of aromatic nitrogens is 2. The maximum atomic E-state index is 12.6. The van der Waals surface area contributed by atoms with Crippen molar-refractivity contribution < 1.29 is 17.6 Å². The Morgan fingerprint density at radius 3 is 3.00 bits per heavy atom. The Bertz CT molecular complexity index is 797. The molecule has 1 fully saturated rings. The summed E-state index contributed by atoms with van der Waals surface area (Å²) in [6.45, 7) is 0.901. The molecule has 0 spiro atoms. The molecule has 2 aromatic rings. The molecule has 2 aromatic heterocycles. The van der Waals surface area contributed by atoms with Gasteiger partial charge in [-0.05, 0) is 25.0 Å². The van der Waals surface area contributed by atoms with Gasteiger partial charge >= 0.3 is 0 Å². The van der Waals surface area contributed by atoms with E-state index in [0.717, 1.165) is 0 Å². The summed E-state index contributed by atoms with van der Waals surface area (Å²) >= 11 is 0. The molecule has 1 saturated heterocycles. The zero-order valence-corrected chi connectivity index (χ0v) is 14.2. The molecule has 1 aliphatic rings. The first-order chi connectivity index (χ1) is 11.5. The maximum absolute atomic E-state index is 12.6. The number of aryl methyl sites for hydroxylation is 1. The number of amides is 1. The second-order valence-electron chi connectivity index (χ2n) is 5.85. The Hall–Kier alpha value is -2.13. The molecule has 1 N–H and O–H groups in total. The minimum Gasteiger partial charge on any atom is -0.467 e. The minimum atomic E-state index is -3.61. The number of carbonyl (C=O) groups excluding carboxylic acids is 1. The first-order valence-electron chi connectivity index (χ1n) is 7.76. The Morgan fingerprint density at radius 2 is 2.33 bits per heavy atom. The number of nitrogens with zero attached hydrogens (tertiary/aromatic N) is 3. The summed E-state index contributed by atoms with van der Waals surface area (Å²) in [7, 11) is -1.95. The van der Waals surface area contributed by atoms with Crippen molar-refractivity contribution >= 4 is 15.9 Å². The van der Waals surface area contributed by atoms with Crippen LogP contribution in [0.4, 0.5) is 0 Å². The molecule has 0 bridgehead atoms. The van der Waals surface area contributed by atoms with Gasteiger partial charge < -0.3 is 9.73 Å². The molecule has 8 nitrogen and oxygen atoms in total. The number of piperidine rings is 1. The van der Waals surface area contributed by atoms with Crippen molar-refractivity contribution in [1.82, 2.24) is 19.4 Å². The topological polar surface area (TPSA) is 97.4 Å². The van der Waals surface area contributed by atoms with Crippen molar-refractivity contribution in [3.8, 4) is 0 Å². The molecule has 24 heavy (non-hydrogen) atoms. The number of sulfonamides is 1. The largest absolute Gasteiger partial charge is 0.467 e. The highest BCUT2D eigenvalue weighted by atomic mass is 32.2. The van der Waals surface area contributed by atoms with Crippen molar-refractivity contribution in [1.29, 1.82) is 0 Å². The van der Waals surface area contributed by atoms with E-state index >= 15 is 0 Å². The Morgan fingerprint density at radius 1 is 1.50 bits per heavy atom. The van der Waals surface area contributed by atoms with Crippen molar-refractivity contribution in [3.05, 3.63) is 36.5 Å². The maximum Gasteiger partial charge on any atom is 0.246 e. The minimum absolute atomic E-state index is 0.154. The monoisotopic (exact) mass is 352 g/mol. The lowest BCUT2D eigenvalue weighted by Gasteiger charge is -2.30.